The third-order valence-corrected chi connectivity index (χ3v) is 15.6. The fourth-order valence-corrected chi connectivity index (χ4v) is 9.91. The zero-order chi connectivity index (χ0) is 72.9. The first kappa shape index (κ1) is 102. The lowest BCUT2D eigenvalue weighted by atomic mass is 10.1. The van der Waals surface area contributed by atoms with E-state index in [0.717, 1.165) is 94.0 Å². The Balaban J connectivity index is -0.000000314. The molecule has 4 aromatic heterocycles. The van der Waals surface area contributed by atoms with Gasteiger partial charge in [0.05, 0.1) is 48.8 Å². The maximum Gasteiger partial charge on any atom is 0.129 e. The van der Waals surface area contributed by atoms with Gasteiger partial charge >= 0.3 is 0 Å². The predicted octanol–water partition coefficient (Wildman–Crippen LogP) is 18.0. The van der Waals surface area contributed by atoms with Crippen LogP contribution in [0, 0.1) is 11.3 Å². The molecule has 4 aromatic rings. The molecule has 4 aliphatic rings. The molecule has 0 aromatic carbocycles. The van der Waals surface area contributed by atoms with Crippen molar-refractivity contribution in [1.29, 1.82) is 5.26 Å². The van der Waals surface area contributed by atoms with Gasteiger partial charge in [0.2, 0.25) is 0 Å². The number of hydrogen-bond donors (Lipinski definition) is 4. The normalized spacial score (nSPS) is 16.2. The summed E-state index contributed by atoms with van der Waals surface area (Å²) in [4.78, 5) is 18.3. The smallest absolute Gasteiger partial charge is 0.129 e. The van der Waals surface area contributed by atoms with E-state index in [-0.39, 0.29) is 0 Å². The van der Waals surface area contributed by atoms with Gasteiger partial charge in [0, 0.05) is 96.6 Å². The molecule has 8 heterocycles. The summed E-state index contributed by atoms with van der Waals surface area (Å²) in [5, 5.41) is 23.3. The molecular formula is C77H149Cl2N11O5S. The van der Waals surface area contributed by atoms with Crippen molar-refractivity contribution in [2.45, 2.75) is 242 Å². The number of methoxy groups -OCH3 is 2. The molecule has 4 fully saturated rings. The lowest BCUT2D eigenvalue weighted by molar-refractivity contribution is -0.0602. The highest BCUT2D eigenvalue weighted by molar-refractivity contribution is 7.09. The Morgan fingerprint density at radius 1 is 0.646 bits per heavy atom. The van der Waals surface area contributed by atoms with Crippen LogP contribution in [0.1, 0.15) is 219 Å². The van der Waals surface area contributed by atoms with Gasteiger partial charge in [0.15, 0.2) is 0 Å². The highest BCUT2D eigenvalue weighted by atomic mass is 35.5. The number of morpholine rings is 1. The number of nitrogens with zero attached hydrogens (tertiary/aromatic N) is 7. The van der Waals surface area contributed by atoms with Crippen molar-refractivity contribution in [2.75, 3.05) is 143 Å². The number of furan rings is 1. The first-order chi connectivity index (χ1) is 46.4. The van der Waals surface area contributed by atoms with Crippen molar-refractivity contribution < 1.29 is 23.4 Å². The van der Waals surface area contributed by atoms with Crippen LogP contribution in [0.4, 0.5) is 0 Å². The number of thiophene rings is 1. The molecule has 0 spiro atoms. The fraction of sp³-hybridized carbons (Fsp3) is 0.753. The molecule has 0 saturated carbocycles. The number of unbranched alkanes of at least 4 members (excludes halogenated alkanes) is 6. The largest absolute Gasteiger partial charge is 0.468 e. The zero-order valence-corrected chi connectivity index (χ0v) is 67.6. The molecule has 3 unspecified atom stereocenters. The van der Waals surface area contributed by atoms with Crippen LogP contribution in [0.3, 0.4) is 0 Å². The predicted molar refractivity (Wildman–Crippen MR) is 419 cm³/mol. The molecule has 562 valence electrons. The second-order valence-electron chi connectivity index (χ2n) is 24.5. The maximum absolute atomic E-state index is 7.82. The standard InChI is InChI=1S/2C7H9ClN2.C7H15NO.C7H15N.C7H14O.C6H9NO.C6H9NS.C6H13N.C6H14O.C5H13NO.C5H12.C4H7N.C4H10/c1-9-4-6-2-3-10-5-7(6)8;1-9-5-6-2-3-10-7(8)4-6;1-6-4-8(3)5-7(2)9-6;1-8-6-4-2-3-5-7-8;1-2-4-7-5-3-6-8-7;2*1-7-5-6-3-2-4-8-6;1-7-5-3-2-4-6-7;1-3-4-5-6-7-2;1-6(2)4-5-7-3;1-3-5-4-2;1-2-3-4-5;1-3-4-2/h2-3,5,9H,4H2,1H3;2-4,9H,5H2,1H3;6-7H,4-5H2,1-3H3;2-7H2,1H3;7H,2-6H2,1H3;2*2-4,7H,5H2,1H3;2-6H2,1H3;3-6H2,1-2H3;4-5H2,1-3H3;3-5H2,1-2H3;2-3H2,1H3;3-4H2,1-2H3. The number of ether oxygens (including phenoxy) is 4. The average molecular weight is 1410 g/mol. The number of hydrogen-bond acceptors (Lipinski definition) is 17. The van der Waals surface area contributed by atoms with Crippen LogP contribution in [0.15, 0.2) is 77.1 Å². The SMILES string of the molecule is CC1CN(C)CC(C)O1.CCCC.CCCC#N.CCCC1CCCO1.CCCCC.CCCCCOC.CN1CCCCC1.CN1CCCCCC1.CNCc1ccco1.CNCc1cccs1.CNCc1ccnc(Cl)c1.CNCc1ccncc1Cl.COCCN(C)C. The molecule has 3 atom stereocenters. The number of nitriles is 1. The summed E-state index contributed by atoms with van der Waals surface area (Å²) >= 11 is 13.2. The minimum atomic E-state index is 0.416. The van der Waals surface area contributed by atoms with E-state index < -0.39 is 0 Å². The highest BCUT2D eigenvalue weighted by Gasteiger charge is 2.18. The molecule has 0 amide bonds. The van der Waals surface area contributed by atoms with E-state index in [1.807, 2.05) is 85.6 Å². The van der Waals surface area contributed by atoms with Gasteiger partial charge in [-0.2, -0.15) is 5.26 Å². The van der Waals surface area contributed by atoms with Crippen molar-refractivity contribution >= 4 is 34.5 Å². The van der Waals surface area contributed by atoms with Gasteiger partial charge in [0.1, 0.15) is 10.9 Å². The lowest BCUT2D eigenvalue weighted by Gasteiger charge is -2.32. The Morgan fingerprint density at radius 2 is 1.22 bits per heavy atom. The Labute approximate surface area is 606 Å². The first-order valence-electron chi connectivity index (χ1n) is 36.5. The van der Waals surface area contributed by atoms with Crippen molar-refractivity contribution in [3.63, 3.8) is 0 Å². The van der Waals surface area contributed by atoms with Gasteiger partial charge in [-0.15, -0.1) is 11.3 Å². The van der Waals surface area contributed by atoms with Gasteiger partial charge < -0.3 is 64.2 Å². The molecule has 0 bridgehead atoms. The Hall–Kier alpha value is -3.13. The number of pyridine rings is 2. The van der Waals surface area contributed by atoms with Gasteiger partial charge in [-0.3, -0.25) is 4.98 Å². The van der Waals surface area contributed by atoms with E-state index in [4.69, 9.17) is 51.8 Å². The summed E-state index contributed by atoms with van der Waals surface area (Å²) in [6.07, 6.45) is 35.5. The monoisotopic (exact) mass is 1410 g/mol. The average Bonchev–Trinajstić information content (AvgIpc) is 2.77. The number of rotatable bonds is 21. The maximum atomic E-state index is 7.82. The van der Waals surface area contributed by atoms with Crippen LogP contribution >= 0.6 is 34.5 Å². The highest BCUT2D eigenvalue weighted by Crippen LogP contribution is 2.16. The molecule has 4 saturated heterocycles. The molecule has 4 N–H and O–H groups in total. The van der Waals surface area contributed by atoms with E-state index >= 15 is 0 Å². The topological polar surface area (TPSA) is 161 Å². The number of piperidine rings is 1. The van der Waals surface area contributed by atoms with E-state index in [1.165, 1.54) is 153 Å². The van der Waals surface area contributed by atoms with Gasteiger partial charge in [-0.05, 0) is 214 Å². The Kier molecular flexibility index (Phi) is 87.3. The van der Waals surface area contributed by atoms with Crippen LogP contribution in [0.5, 0.6) is 0 Å². The van der Waals surface area contributed by atoms with Crippen LogP contribution in [-0.2, 0) is 45.1 Å². The summed E-state index contributed by atoms with van der Waals surface area (Å²) in [6.45, 7) is 34.0. The fourth-order valence-electron chi connectivity index (χ4n) is 8.81. The van der Waals surface area contributed by atoms with Crippen molar-refractivity contribution in [2.24, 2.45) is 0 Å². The van der Waals surface area contributed by atoms with Crippen molar-refractivity contribution in [3.8, 4) is 6.07 Å². The zero-order valence-electron chi connectivity index (χ0n) is 65.2. The summed E-state index contributed by atoms with van der Waals surface area (Å²) in [6, 6.07) is 15.7. The number of likely N-dealkylation sites (tertiary alicyclic amines) is 2. The van der Waals surface area contributed by atoms with Crippen LogP contribution in [0.25, 0.3) is 0 Å². The second kappa shape index (κ2) is 82.5. The van der Waals surface area contributed by atoms with Crippen molar-refractivity contribution in [1.82, 2.24) is 50.8 Å². The number of aromatic nitrogens is 2. The Bertz CT molecular complexity index is 2010. The summed E-state index contributed by atoms with van der Waals surface area (Å²) < 4.78 is 25.6. The minimum absolute atomic E-state index is 0.416. The Morgan fingerprint density at radius 3 is 1.59 bits per heavy atom. The molecule has 0 aliphatic carbocycles. The molecule has 19 heteroatoms. The van der Waals surface area contributed by atoms with E-state index in [1.54, 1.807) is 50.4 Å². The molecule has 96 heavy (non-hydrogen) atoms. The number of halogens is 2. The molecule has 16 nitrogen and oxygen atoms in total. The number of nitrogens with one attached hydrogen (secondary N) is 4. The third kappa shape index (κ3) is 79.9. The van der Waals surface area contributed by atoms with Crippen LogP contribution < -0.4 is 21.3 Å². The van der Waals surface area contributed by atoms with Gasteiger partial charge in [0.25, 0.3) is 0 Å². The molecular weight excluding hydrogens is 1260 g/mol. The lowest BCUT2D eigenvalue weighted by Crippen LogP contribution is -2.42. The summed E-state index contributed by atoms with van der Waals surface area (Å²) in [5.74, 6) is 0.979. The second-order valence-corrected chi connectivity index (χ2v) is 26.3. The van der Waals surface area contributed by atoms with Crippen LogP contribution in [-0.4, -0.2) is 191 Å². The van der Waals surface area contributed by atoms with Crippen LogP contribution in [0.2, 0.25) is 10.2 Å². The van der Waals surface area contributed by atoms with E-state index in [0.29, 0.717) is 29.9 Å². The van der Waals surface area contributed by atoms with Gasteiger partial charge in [-0.1, -0.05) is 148 Å². The third-order valence-electron chi connectivity index (χ3n) is 14.2. The molecule has 0 radical (unpaired) electrons. The summed E-state index contributed by atoms with van der Waals surface area (Å²) in [7, 11) is 21.7. The summed E-state index contributed by atoms with van der Waals surface area (Å²) in [5.41, 5.74) is 2.24. The van der Waals surface area contributed by atoms with Gasteiger partial charge in [-0.25, -0.2) is 4.98 Å². The first-order valence-corrected chi connectivity index (χ1v) is 38.1. The minimum Gasteiger partial charge on any atom is -0.468 e. The number of likely N-dealkylation sites (N-methyl/N-ethyl adjacent to an activating group) is 2. The quantitative estimate of drug-likeness (QED) is 0.0460. The van der Waals surface area contributed by atoms with Crippen molar-refractivity contribution in [3.05, 3.63) is 105 Å². The molecule has 8 rings (SSSR count). The van der Waals surface area contributed by atoms with E-state index in [2.05, 4.69) is 145 Å². The molecule has 4 aliphatic heterocycles. The van der Waals surface area contributed by atoms with E-state index in [9.17, 15) is 0 Å².